The summed E-state index contributed by atoms with van der Waals surface area (Å²) in [5, 5.41) is 7.91. The highest BCUT2D eigenvalue weighted by molar-refractivity contribution is 6.13. The maximum absolute atomic E-state index is 2.42. The molecule has 0 aliphatic heterocycles. The molecule has 0 aliphatic carbocycles. The lowest BCUT2D eigenvalue weighted by molar-refractivity contribution is 0.796. The monoisotopic (exact) mass is 360 g/mol. The molecule has 0 radical (unpaired) electrons. The Hall–Kier alpha value is -3.12. The molecular formula is C28H24. The van der Waals surface area contributed by atoms with Crippen LogP contribution in [0.4, 0.5) is 0 Å². The molecule has 5 aromatic rings. The Balaban J connectivity index is 1.83. The Morgan fingerprint density at radius 1 is 0.571 bits per heavy atom. The van der Waals surface area contributed by atoms with Crippen molar-refractivity contribution in [3.63, 3.8) is 0 Å². The van der Waals surface area contributed by atoms with Gasteiger partial charge in [-0.05, 0) is 74.0 Å². The highest BCUT2D eigenvalue weighted by Gasteiger charge is 2.11. The highest BCUT2D eigenvalue weighted by Crippen LogP contribution is 2.38. The van der Waals surface area contributed by atoms with Crippen LogP contribution < -0.4 is 0 Å². The molecule has 0 spiro atoms. The Kier molecular flexibility index (Phi) is 4.33. The van der Waals surface area contributed by atoms with Gasteiger partial charge in [-0.3, -0.25) is 0 Å². The van der Waals surface area contributed by atoms with E-state index >= 15 is 0 Å². The van der Waals surface area contributed by atoms with Gasteiger partial charge in [-0.25, -0.2) is 0 Å². The fraction of sp³-hybridized carbons (Fsp3) is 0.143. The number of benzene rings is 5. The molecule has 0 aliphatic rings. The number of hydrogen-bond acceptors (Lipinski definition) is 0. The summed E-state index contributed by atoms with van der Waals surface area (Å²) in [7, 11) is 0. The lowest BCUT2D eigenvalue weighted by Gasteiger charge is -2.14. The van der Waals surface area contributed by atoms with E-state index < -0.39 is 0 Å². The van der Waals surface area contributed by atoms with Gasteiger partial charge >= 0.3 is 0 Å². The normalized spacial score (nSPS) is 11.5. The second-order valence-electron chi connectivity index (χ2n) is 7.69. The molecule has 0 heteroatoms. The van der Waals surface area contributed by atoms with Crippen molar-refractivity contribution in [1.29, 1.82) is 0 Å². The summed E-state index contributed by atoms with van der Waals surface area (Å²) in [5.41, 5.74) is 4.09. The smallest absolute Gasteiger partial charge is 0.00265 e. The van der Waals surface area contributed by atoms with Crippen molar-refractivity contribution in [2.24, 2.45) is 0 Å². The molecule has 136 valence electrons. The van der Waals surface area contributed by atoms with Crippen molar-refractivity contribution < 1.29 is 0 Å². The van der Waals surface area contributed by atoms with Crippen LogP contribution in [0, 0.1) is 0 Å². The minimum Gasteiger partial charge on any atom is -0.0654 e. The standard InChI is InChI=1S/C28H24/c1-2-3-8-20-13-14-24-19-23-11-6-7-12-26(23)28(27(24)17-20)25-16-15-21-9-4-5-10-22(21)18-25/h4-7,9-19H,2-3,8H2,1H3. The van der Waals surface area contributed by atoms with Crippen LogP contribution >= 0.6 is 0 Å². The van der Waals surface area contributed by atoms with Gasteiger partial charge in [0, 0.05) is 0 Å². The predicted octanol–water partition coefficient (Wildman–Crippen LogP) is 8.16. The van der Waals surface area contributed by atoms with Crippen LogP contribution in [0.2, 0.25) is 0 Å². The van der Waals surface area contributed by atoms with E-state index in [4.69, 9.17) is 0 Å². The van der Waals surface area contributed by atoms with Crippen molar-refractivity contribution in [3.8, 4) is 11.1 Å². The third-order valence-electron chi connectivity index (χ3n) is 5.79. The Morgan fingerprint density at radius 3 is 2.14 bits per heavy atom. The van der Waals surface area contributed by atoms with E-state index in [0.717, 1.165) is 6.42 Å². The molecule has 0 N–H and O–H groups in total. The zero-order chi connectivity index (χ0) is 18.9. The molecule has 28 heavy (non-hydrogen) atoms. The molecule has 0 bridgehead atoms. The molecule has 5 rings (SSSR count). The maximum atomic E-state index is 2.42. The van der Waals surface area contributed by atoms with E-state index in [0.29, 0.717) is 0 Å². The van der Waals surface area contributed by atoms with Gasteiger partial charge in [0.05, 0.1) is 0 Å². The Morgan fingerprint density at radius 2 is 1.29 bits per heavy atom. The number of fused-ring (bicyclic) bond motifs is 3. The summed E-state index contributed by atoms with van der Waals surface area (Å²) in [4.78, 5) is 0. The zero-order valence-electron chi connectivity index (χ0n) is 16.3. The summed E-state index contributed by atoms with van der Waals surface area (Å²) in [6, 6.07) is 33.6. The molecule has 0 saturated carbocycles. The Bertz CT molecular complexity index is 1290. The Labute approximate surface area is 166 Å². The fourth-order valence-corrected chi connectivity index (χ4v) is 4.30. The fourth-order valence-electron chi connectivity index (χ4n) is 4.30. The SMILES string of the molecule is CCCCc1ccc2cc3ccccc3c(-c3ccc4ccccc4c3)c2c1. The summed E-state index contributed by atoms with van der Waals surface area (Å²) >= 11 is 0. The van der Waals surface area contributed by atoms with Gasteiger partial charge in [0.1, 0.15) is 0 Å². The molecule has 5 aromatic carbocycles. The van der Waals surface area contributed by atoms with Gasteiger partial charge in [0.15, 0.2) is 0 Å². The molecule has 0 saturated heterocycles. The van der Waals surface area contributed by atoms with Crippen molar-refractivity contribution in [2.45, 2.75) is 26.2 Å². The molecule has 0 amide bonds. The summed E-state index contributed by atoms with van der Waals surface area (Å²) in [5.74, 6) is 0. The minimum atomic E-state index is 1.15. The van der Waals surface area contributed by atoms with E-state index in [1.54, 1.807) is 0 Å². The maximum Gasteiger partial charge on any atom is -0.00265 e. The summed E-state index contributed by atoms with van der Waals surface area (Å²) in [6.45, 7) is 2.26. The van der Waals surface area contributed by atoms with Crippen molar-refractivity contribution in [1.82, 2.24) is 0 Å². The van der Waals surface area contributed by atoms with Gasteiger partial charge in [0.2, 0.25) is 0 Å². The second-order valence-corrected chi connectivity index (χ2v) is 7.69. The number of unbranched alkanes of at least 4 members (excludes halogenated alkanes) is 1. The third kappa shape index (κ3) is 2.96. The molecule has 0 atom stereocenters. The van der Waals surface area contributed by atoms with Crippen LogP contribution in [-0.2, 0) is 6.42 Å². The highest BCUT2D eigenvalue weighted by atomic mass is 14.1. The number of rotatable bonds is 4. The first-order valence-corrected chi connectivity index (χ1v) is 10.3. The van der Waals surface area contributed by atoms with E-state index in [2.05, 4.69) is 97.9 Å². The second kappa shape index (κ2) is 7.13. The first kappa shape index (κ1) is 17.0. The lowest BCUT2D eigenvalue weighted by atomic mass is 9.90. The van der Waals surface area contributed by atoms with Crippen LogP contribution in [0.5, 0.6) is 0 Å². The quantitative estimate of drug-likeness (QED) is 0.284. The topological polar surface area (TPSA) is 0 Å². The van der Waals surface area contributed by atoms with Crippen LogP contribution in [0.25, 0.3) is 43.4 Å². The van der Waals surface area contributed by atoms with Gasteiger partial charge in [-0.2, -0.15) is 0 Å². The first-order chi connectivity index (χ1) is 13.8. The van der Waals surface area contributed by atoms with Crippen molar-refractivity contribution in [2.75, 3.05) is 0 Å². The summed E-state index contributed by atoms with van der Waals surface area (Å²) < 4.78 is 0. The molecule has 0 heterocycles. The van der Waals surface area contributed by atoms with Crippen molar-refractivity contribution >= 4 is 32.3 Å². The van der Waals surface area contributed by atoms with E-state index in [9.17, 15) is 0 Å². The van der Waals surface area contributed by atoms with E-state index in [1.807, 2.05) is 0 Å². The zero-order valence-corrected chi connectivity index (χ0v) is 16.3. The molecule has 0 unspecified atom stereocenters. The van der Waals surface area contributed by atoms with Gasteiger partial charge < -0.3 is 0 Å². The van der Waals surface area contributed by atoms with Gasteiger partial charge in [-0.15, -0.1) is 0 Å². The molecule has 0 nitrogen and oxygen atoms in total. The van der Waals surface area contributed by atoms with Crippen LogP contribution in [0.3, 0.4) is 0 Å². The molecular weight excluding hydrogens is 336 g/mol. The van der Waals surface area contributed by atoms with E-state index in [1.165, 1.54) is 61.8 Å². The van der Waals surface area contributed by atoms with Gasteiger partial charge in [0.25, 0.3) is 0 Å². The van der Waals surface area contributed by atoms with E-state index in [-0.39, 0.29) is 0 Å². The van der Waals surface area contributed by atoms with Crippen LogP contribution in [0.15, 0.2) is 91.0 Å². The summed E-state index contributed by atoms with van der Waals surface area (Å²) in [6.07, 6.45) is 3.62. The molecule has 0 fully saturated rings. The third-order valence-corrected chi connectivity index (χ3v) is 5.79. The van der Waals surface area contributed by atoms with Crippen LogP contribution in [-0.4, -0.2) is 0 Å². The lowest BCUT2D eigenvalue weighted by Crippen LogP contribution is -1.89. The number of aryl methyl sites for hydroxylation is 1. The minimum absolute atomic E-state index is 1.15. The predicted molar refractivity (Wildman–Crippen MR) is 123 cm³/mol. The van der Waals surface area contributed by atoms with Crippen LogP contribution in [0.1, 0.15) is 25.3 Å². The first-order valence-electron chi connectivity index (χ1n) is 10.3. The average molecular weight is 361 g/mol. The average Bonchev–Trinajstić information content (AvgIpc) is 2.75. The molecule has 0 aromatic heterocycles. The largest absolute Gasteiger partial charge is 0.0654 e. The number of hydrogen-bond donors (Lipinski definition) is 0. The van der Waals surface area contributed by atoms with Gasteiger partial charge in [-0.1, -0.05) is 92.2 Å². The van der Waals surface area contributed by atoms with Crippen molar-refractivity contribution in [3.05, 3.63) is 96.6 Å².